The highest BCUT2D eigenvalue weighted by Gasteiger charge is 2.24. The number of benzene rings is 1. The van der Waals surface area contributed by atoms with Crippen molar-refractivity contribution < 1.29 is 9.18 Å². The molecule has 0 bridgehead atoms. The van der Waals surface area contributed by atoms with Gasteiger partial charge in [-0.15, -0.1) is 0 Å². The van der Waals surface area contributed by atoms with Gasteiger partial charge in [-0.1, -0.05) is 23.9 Å². The lowest BCUT2D eigenvalue weighted by molar-refractivity contribution is -0.115. The van der Waals surface area contributed by atoms with Gasteiger partial charge in [-0.3, -0.25) is 4.79 Å². The van der Waals surface area contributed by atoms with Crippen molar-refractivity contribution in [3.05, 3.63) is 35.6 Å². The summed E-state index contributed by atoms with van der Waals surface area (Å²) < 4.78 is 14.2. The largest absolute Gasteiger partial charge is 0.369 e. The summed E-state index contributed by atoms with van der Waals surface area (Å²) in [5.74, 6) is -0.699. The van der Waals surface area contributed by atoms with Crippen molar-refractivity contribution in [3.8, 4) is 17.3 Å². The summed E-state index contributed by atoms with van der Waals surface area (Å²) in [6, 6.07) is 8.42. The molecule has 1 amide bonds. The van der Waals surface area contributed by atoms with Crippen molar-refractivity contribution in [1.29, 1.82) is 5.26 Å². The second-order valence-electron chi connectivity index (χ2n) is 5.34. The molecule has 0 radical (unpaired) electrons. The fraction of sp³-hybridized carbons (Fsp3) is 0.250. The van der Waals surface area contributed by atoms with Crippen LogP contribution in [0.1, 0.15) is 18.4 Å². The molecule has 1 aliphatic carbocycles. The van der Waals surface area contributed by atoms with Gasteiger partial charge in [0.15, 0.2) is 0 Å². The zero-order chi connectivity index (χ0) is 17.1. The van der Waals surface area contributed by atoms with Crippen molar-refractivity contribution in [1.82, 2.24) is 9.97 Å². The van der Waals surface area contributed by atoms with Crippen LogP contribution in [-0.4, -0.2) is 27.7 Å². The lowest BCUT2D eigenvalue weighted by Crippen LogP contribution is -2.14. The van der Waals surface area contributed by atoms with Crippen LogP contribution >= 0.6 is 11.8 Å². The van der Waals surface area contributed by atoms with Gasteiger partial charge in [-0.05, 0) is 25.0 Å². The highest BCUT2D eigenvalue weighted by molar-refractivity contribution is 8.00. The van der Waals surface area contributed by atoms with Crippen LogP contribution in [0.2, 0.25) is 0 Å². The molecular weight excluding hydrogens is 329 g/mol. The number of nitrogens with one attached hydrogen (secondary N) is 1. The molecule has 1 aromatic carbocycles. The first-order valence-corrected chi connectivity index (χ1v) is 8.31. The van der Waals surface area contributed by atoms with E-state index in [1.54, 1.807) is 18.2 Å². The van der Waals surface area contributed by atoms with E-state index in [0.29, 0.717) is 17.0 Å². The Morgan fingerprint density at radius 1 is 1.42 bits per heavy atom. The number of nitriles is 1. The lowest BCUT2D eigenvalue weighted by atomic mass is 10.1. The van der Waals surface area contributed by atoms with Crippen molar-refractivity contribution >= 4 is 23.6 Å². The Morgan fingerprint density at radius 3 is 2.79 bits per heavy atom. The Hall–Kier alpha value is -2.66. The monoisotopic (exact) mass is 343 g/mol. The lowest BCUT2D eigenvalue weighted by Gasteiger charge is -2.12. The summed E-state index contributed by atoms with van der Waals surface area (Å²) in [7, 11) is 0. The van der Waals surface area contributed by atoms with Crippen LogP contribution in [0.5, 0.6) is 0 Å². The van der Waals surface area contributed by atoms with Gasteiger partial charge >= 0.3 is 0 Å². The number of primary amides is 1. The second kappa shape index (κ2) is 6.84. The molecule has 3 rings (SSSR count). The first-order valence-electron chi connectivity index (χ1n) is 7.33. The number of anilines is 1. The van der Waals surface area contributed by atoms with Gasteiger partial charge in [-0.25, -0.2) is 14.4 Å². The topological polar surface area (TPSA) is 105 Å². The molecule has 0 spiro atoms. The number of thioether (sulfide) groups is 1. The molecule has 1 aromatic heterocycles. The Labute approximate surface area is 142 Å². The van der Waals surface area contributed by atoms with Gasteiger partial charge in [0, 0.05) is 11.6 Å². The third-order valence-corrected chi connectivity index (χ3v) is 4.38. The highest BCUT2D eigenvalue weighted by atomic mass is 32.2. The number of halogens is 1. The standard InChI is InChI=1S/C16H14FN5OS/c17-12-4-2-1-3-10(12)14-11(7-18)15(24-8-13(19)23)22-16(21-14)20-9-5-6-9/h1-4,9H,5-6,8H2,(H2,19,23)(H,20,21,22). The number of carbonyl (C=O) groups excluding carboxylic acids is 1. The average Bonchev–Trinajstić information content (AvgIpc) is 3.37. The van der Waals surface area contributed by atoms with Gasteiger partial charge in [0.05, 0.1) is 11.4 Å². The molecule has 1 heterocycles. The minimum atomic E-state index is -0.522. The molecule has 1 aliphatic rings. The van der Waals surface area contributed by atoms with Crippen molar-refractivity contribution in [2.45, 2.75) is 23.9 Å². The average molecular weight is 343 g/mol. The molecule has 0 atom stereocenters. The fourth-order valence-electron chi connectivity index (χ4n) is 2.11. The Morgan fingerprint density at radius 2 is 2.17 bits per heavy atom. The first kappa shape index (κ1) is 16.2. The van der Waals surface area contributed by atoms with Crippen LogP contribution in [-0.2, 0) is 4.79 Å². The number of carbonyl (C=O) groups is 1. The molecule has 0 saturated heterocycles. The maximum Gasteiger partial charge on any atom is 0.227 e. The molecule has 6 nitrogen and oxygen atoms in total. The maximum atomic E-state index is 14.2. The van der Waals surface area contributed by atoms with Crippen LogP contribution in [0.25, 0.3) is 11.3 Å². The van der Waals surface area contributed by atoms with E-state index >= 15 is 0 Å². The molecule has 2 aromatic rings. The third-order valence-electron chi connectivity index (χ3n) is 3.38. The number of hydrogen-bond donors (Lipinski definition) is 2. The summed E-state index contributed by atoms with van der Waals surface area (Å²) in [5.41, 5.74) is 5.73. The van der Waals surface area contributed by atoms with E-state index in [1.807, 2.05) is 6.07 Å². The molecule has 0 aliphatic heterocycles. The molecule has 1 saturated carbocycles. The summed E-state index contributed by atoms with van der Waals surface area (Å²) >= 11 is 1.05. The van der Waals surface area contributed by atoms with Gasteiger partial charge in [0.2, 0.25) is 11.9 Å². The summed E-state index contributed by atoms with van der Waals surface area (Å²) in [6.07, 6.45) is 2.03. The van der Waals surface area contributed by atoms with Gasteiger partial charge in [-0.2, -0.15) is 5.26 Å². The molecule has 8 heteroatoms. The van der Waals surface area contributed by atoms with Crippen molar-refractivity contribution in [2.24, 2.45) is 5.73 Å². The van der Waals surface area contributed by atoms with Gasteiger partial charge in [0.25, 0.3) is 0 Å². The van der Waals surface area contributed by atoms with Crippen LogP contribution in [0.4, 0.5) is 10.3 Å². The summed E-state index contributed by atoms with van der Waals surface area (Å²) in [4.78, 5) is 19.7. The van der Waals surface area contributed by atoms with Crippen LogP contribution < -0.4 is 11.1 Å². The van der Waals surface area contributed by atoms with Crippen LogP contribution in [0, 0.1) is 17.1 Å². The van der Waals surface area contributed by atoms with Gasteiger partial charge in [0.1, 0.15) is 22.5 Å². The summed E-state index contributed by atoms with van der Waals surface area (Å²) in [6.45, 7) is 0. The quantitative estimate of drug-likeness (QED) is 0.616. The molecular formula is C16H14FN5OS. The third kappa shape index (κ3) is 3.63. The van der Waals surface area contributed by atoms with E-state index < -0.39 is 11.7 Å². The van der Waals surface area contributed by atoms with E-state index in [-0.39, 0.29) is 22.6 Å². The molecule has 122 valence electrons. The molecule has 3 N–H and O–H groups in total. The molecule has 1 fully saturated rings. The Kier molecular flexibility index (Phi) is 4.62. The smallest absolute Gasteiger partial charge is 0.227 e. The van der Waals surface area contributed by atoms with E-state index in [2.05, 4.69) is 15.3 Å². The zero-order valence-electron chi connectivity index (χ0n) is 12.6. The number of amides is 1. The minimum Gasteiger partial charge on any atom is -0.369 e. The van der Waals surface area contributed by atoms with Crippen LogP contribution in [0.3, 0.4) is 0 Å². The van der Waals surface area contributed by atoms with E-state index in [4.69, 9.17) is 5.73 Å². The Bertz CT molecular complexity index is 832. The predicted molar refractivity (Wildman–Crippen MR) is 88.7 cm³/mol. The molecule has 24 heavy (non-hydrogen) atoms. The highest BCUT2D eigenvalue weighted by Crippen LogP contribution is 2.32. The normalized spacial score (nSPS) is 13.3. The predicted octanol–water partition coefficient (Wildman–Crippen LogP) is 2.31. The van der Waals surface area contributed by atoms with Crippen molar-refractivity contribution in [2.75, 3.05) is 11.1 Å². The summed E-state index contributed by atoms with van der Waals surface area (Å²) in [5, 5.41) is 13.0. The number of nitrogens with two attached hydrogens (primary N) is 1. The number of hydrogen-bond acceptors (Lipinski definition) is 6. The van der Waals surface area contributed by atoms with Crippen LogP contribution in [0.15, 0.2) is 29.3 Å². The first-order chi connectivity index (χ1) is 11.6. The maximum absolute atomic E-state index is 14.2. The van der Waals surface area contributed by atoms with E-state index in [1.165, 1.54) is 6.07 Å². The zero-order valence-corrected chi connectivity index (χ0v) is 13.4. The number of nitrogens with zero attached hydrogens (tertiary/aromatic N) is 3. The fourth-order valence-corrected chi connectivity index (χ4v) is 2.82. The number of rotatable bonds is 6. The molecule has 0 unspecified atom stereocenters. The second-order valence-corrected chi connectivity index (χ2v) is 6.31. The SMILES string of the molecule is N#Cc1c(SCC(N)=O)nc(NC2CC2)nc1-c1ccccc1F. The van der Waals surface area contributed by atoms with E-state index in [9.17, 15) is 14.4 Å². The van der Waals surface area contributed by atoms with Crippen molar-refractivity contribution in [3.63, 3.8) is 0 Å². The van der Waals surface area contributed by atoms with E-state index in [0.717, 1.165) is 24.6 Å². The minimum absolute atomic E-state index is 0.0225. The van der Waals surface area contributed by atoms with Gasteiger partial charge < -0.3 is 11.1 Å². The Balaban J connectivity index is 2.10. The number of aromatic nitrogens is 2.